The van der Waals surface area contributed by atoms with Crippen molar-refractivity contribution >= 4 is 11.0 Å². The fraction of sp³-hybridized carbons (Fsp3) is 0.167. The monoisotopic (exact) mass is 312 g/mol. The topological polar surface area (TPSA) is 79.9 Å². The van der Waals surface area contributed by atoms with Crippen LogP contribution in [0.2, 0.25) is 0 Å². The van der Waals surface area contributed by atoms with Crippen LogP contribution in [0.5, 0.6) is 17.2 Å². The van der Waals surface area contributed by atoms with Crippen LogP contribution in [0.15, 0.2) is 45.6 Å². The fourth-order valence-electron chi connectivity index (χ4n) is 2.66. The molecule has 0 saturated heterocycles. The van der Waals surface area contributed by atoms with E-state index in [1.807, 2.05) is 13.8 Å². The van der Waals surface area contributed by atoms with Crippen molar-refractivity contribution < 1.29 is 19.4 Å². The van der Waals surface area contributed by atoms with E-state index in [0.29, 0.717) is 22.5 Å². The number of ether oxygens (including phenoxy) is 1. The van der Waals surface area contributed by atoms with Crippen molar-refractivity contribution in [1.82, 2.24) is 0 Å². The second kappa shape index (κ2) is 5.68. The van der Waals surface area contributed by atoms with Crippen molar-refractivity contribution in [1.29, 1.82) is 0 Å². The Balaban J connectivity index is 0.000000753. The molecule has 2 aromatic carbocycles. The third-order valence-electron chi connectivity index (χ3n) is 3.61. The molecule has 0 unspecified atom stereocenters. The van der Waals surface area contributed by atoms with Gasteiger partial charge in [-0.15, -0.1) is 0 Å². The standard InChI is InChI=1S/C16H10O5.C2H6/c17-8-2-4-11-13(5-8)20-7-12-10-3-1-9(18)6-14(10)21-16(19)15(11)12;1-2/h1-6,17-18H,7H2;1-2H3. The van der Waals surface area contributed by atoms with E-state index in [-0.39, 0.29) is 18.1 Å². The molecule has 23 heavy (non-hydrogen) atoms. The molecule has 1 aliphatic rings. The Morgan fingerprint density at radius 3 is 2.48 bits per heavy atom. The molecule has 1 aliphatic heterocycles. The van der Waals surface area contributed by atoms with Crippen LogP contribution < -0.4 is 10.4 Å². The van der Waals surface area contributed by atoms with Crippen molar-refractivity contribution in [2.24, 2.45) is 0 Å². The summed E-state index contributed by atoms with van der Waals surface area (Å²) in [6, 6.07) is 9.24. The molecule has 0 radical (unpaired) electrons. The summed E-state index contributed by atoms with van der Waals surface area (Å²) in [5.41, 5.74) is 1.59. The van der Waals surface area contributed by atoms with Gasteiger partial charge in [-0.05, 0) is 24.3 Å². The molecule has 2 heterocycles. The van der Waals surface area contributed by atoms with Gasteiger partial charge in [0.2, 0.25) is 0 Å². The quantitative estimate of drug-likeness (QED) is 0.617. The summed E-state index contributed by atoms with van der Waals surface area (Å²) in [7, 11) is 0. The molecule has 118 valence electrons. The predicted octanol–water partition coefficient (Wildman–Crippen LogP) is 3.79. The largest absolute Gasteiger partial charge is 0.508 e. The van der Waals surface area contributed by atoms with Gasteiger partial charge in [0.25, 0.3) is 0 Å². The van der Waals surface area contributed by atoms with Gasteiger partial charge in [0.05, 0.1) is 5.56 Å². The second-order valence-corrected chi connectivity index (χ2v) is 4.89. The lowest BCUT2D eigenvalue weighted by molar-refractivity contribution is 0.300. The highest BCUT2D eigenvalue weighted by molar-refractivity contribution is 5.89. The number of fused-ring (bicyclic) bond motifs is 5. The lowest BCUT2D eigenvalue weighted by Gasteiger charge is -2.20. The molecule has 0 aliphatic carbocycles. The summed E-state index contributed by atoms with van der Waals surface area (Å²) in [5.74, 6) is 0.563. The van der Waals surface area contributed by atoms with Gasteiger partial charge < -0.3 is 19.4 Å². The van der Waals surface area contributed by atoms with Crippen molar-refractivity contribution in [2.75, 3.05) is 0 Å². The summed E-state index contributed by atoms with van der Waals surface area (Å²) in [6.07, 6.45) is 0. The molecular formula is C18H16O5. The smallest absolute Gasteiger partial charge is 0.344 e. The van der Waals surface area contributed by atoms with Crippen LogP contribution in [-0.4, -0.2) is 10.2 Å². The molecule has 1 aromatic heterocycles. The Morgan fingerprint density at radius 1 is 1.00 bits per heavy atom. The molecule has 0 saturated carbocycles. The molecule has 0 bridgehead atoms. The first-order chi connectivity index (χ1) is 11.1. The third-order valence-corrected chi connectivity index (χ3v) is 3.61. The number of rotatable bonds is 0. The predicted molar refractivity (Wildman–Crippen MR) is 86.9 cm³/mol. The summed E-state index contributed by atoms with van der Waals surface area (Å²) < 4.78 is 10.9. The second-order valence-electron chi connectivity index (χ2n) is 4.89. The summed E-state index contributed by atoms with van der Waals surface area (Å²) in [4.78, 5) is 12.3. The maximum absolute atomic E-state index is 12.3. The summed E-state index contributed by atoms with van der Waals surface area (Å²) >= 11 is 0. The van der Waals surface area contributed by atoms with Crippen LogP contribution in [0.4, 0.5) is 0 Å². The highest BCUT2D eigenvalue weighted by Crippen LogP contribution is 2.40. The van der Waals surface area contributed by atoms with Crippen molar-refractivity contribution in [3.8, 4) is 28.4 Å². The zero-order valence-corrected chi connectivity index (χ0v) is 12.8. The number of hydrogen-bond donors (Lipinski definition) is 2. The Hall–Kier alpha value is -2.95. The fourth-order valence-corrected chi connectivity index (χ4v) is 2.66. The normalized spacial score (nSPS) is 11.7. The van der Waals surface area contributed by atoms with E-state index < -0.39 is 5.63 Å². The van der Waals surface area contributed by atoms with Crippen molar-refractivity contribution in [3.63, 3.8) is 0 Å². The van der Waals surface area contributed by atoms with Gasteiger partial charge in [-0.25, -0.2) is 4.79 Å². The van der Waals surface area contributed by atoms with Crippen LogP contribution >= 0.6 is 0 Å². The zero-order chi connectivity index (χ0) is 16.6. The average molecular weight is 312 g/mol. The number of benzene rings is 2. The van der Waals surface area contributed by atoms with E-state index in [9.17, 15) is 15.0 Å². The first-order valence-corrected chi connectivity index (χ1v) is 7.38. The van der Waals surface area contributed by atoms with Gasteiger partial charge in [-0.3, -0.25) is 0 Å². The molecular weight excluding hydrogens is 296 g/mol. The molecule has 5 nitrogen and oxygen atoms in total. The van der Waals surface area contributed by atoms with E-state index in [0.717, 1.165) is 10.9 Å². The van der Waals surface area contributed by atoms with Crippen LogP contribution in [-0.2, 0) is 6.61 Å². The number of aromatic hydroxyl groups is 2. The van der Waals surface area contributed by atoms with E-state index in [4.69, 9.17) is 9.15 Å². The van der Waals surface area contributed by atoms with Crippen LogP contribution in [0.3, 0.4) is 0 Å². The number of hydrogen-bond acceptors (Lipinski definition) is 5. The zero-order valence-electron chi connectivity index (χ0n) is 12.8. The van der Waals surface area contributed by atoms with Crippen LogP contribution in [0.25, 0.3) is 22.1 Å². The van der Waals surface area contributed by atoms with Crippen molar-refractivity contribution in [2.45, 2.75) is 20.5 Å². The highest BCUT2D eigenvalue weighted by atomic mass is 16.5. The van der Waals surface area contributed by atoms with E-state index >= 15 is 0 Å². The third kappa shape index (κ3) is 2.40. The molecule has 0 spiro atoms. The van der Waals surface area contributed by atoms with Crippen LogP contribution in [0, 0.1) is 0 Å². The number of phenolic OH excluding ortho intramolecular Hbond substituents is 2. The first kappa shape index (κ1) is 15.0. The Kier molecular flexibility index (Phi) is 3.70. The number of phenols is 2. The first-order valence-electron chi connectivity index (χ1n) is 7.38. The molecule has 0 atom stereocenters. The Morgan fingerprint density at radius 2 is 1.70 bits per heavy atom. The Bertz CT molecular complexity index is 940. The van der Waals surface area contributed by atoms with E-state index in [1.54, 1.807) is 12.1 Å². The molecule has 2 N–H and O–H groups in total. The molecule has 0 amide bonds. The van der Waals surface area contributed by atoms with E-state index in [1.165, 1.54) is 24.3 Å². The minimum absolute atomic E-state index is 0.0349. The minimum atomic E-state index is -0.488. The SMILES string of the molecule is CC.O=c1oc2cc(O)ccc2c2c1-c1ccc(O)cc1OC2. The lowest BCUT2D eigenvalue weighted by Crippen LogP contribution is -2.14. The van der Waals surface area contributed by atoms with Crippen molar-refractivity contribution in [3.05, 3.63) is 52.4 Å². The maximum Gasteiger partial charge on any atom is 0.344 e. The van der Waals surface area contributed by atoms with E-state index in [2.05, 4.69) is 0 Å². The summed E-state index contributed by atoms with van der Waals surface area (Å²) in [6.45, 7) is 4.21. The lowest BCUT2D eigenvalue weighted by atomic mass is 9.96. The van der Waals surface area contributed by atoms with Gasteiger partial charge in [-0.1, -0.05) is 13.8 Å². The van der Waals surface area contributed by atoms with Gasteiger partial charge in [-0.2, -0.15) is 0 Å². The van der Waals surface area contributed by atoms with Gasteiger partial charge in [0, 0.05) is 28.6 Å². The average Bonchev–Trinajstić information content (AvgIpc) is 2.55. The summed E-state index contributed by atoms with van der Waals surface area (Å²) in [5, 5.41) is 19.7. The minimum Gasteiger partial charge on any atom is -0.508 e. The molecule has 3 aromatic rings. The molecule has 0 fully saturated rings. The molecule has 5 heteroatoms. The van der Waals surface area contributed by atoms with Gasteiger partial charge in [0.15, 0.2) is 0 Å². The van der Waals surface area contributed by atoms with Gasteiger partial charge in [0.1, 0.15) is 29.4 Å². The highest BCUT2D eigenvalue weighted by Gasteiger charge is 2.24. The van der Waals surface area contributed by atoms with Crippen LogP contribution in [0.1, 0.15) is 19.4 Å². The molecule has 4 rings (SSSR count). The van der Waals surface area contributed by atoms with Gasteiger partial charge >= 0.3 is 5.63 Å². The Labute approximate surface area is 132 Å². The maximum atomic E-state index is 12.3.